The fourth-order valence-electron chi connectivity index (χ4n) is 4.50. The second-order valence-electron chi connectivity index (χ2n) is 9.65. The Morgan fingerprint density at radius 3 is 2.61 bits per heavy atom. The summed E-state index contributed by atoms with van der Waals surface area (Å²) in [6.45, 7) is 5.05. The van der Waals surface area contributed by atoms with Gasteiger partial charge in [-0.05, 0) is 81.9 Å². The number of hydrogen-bond acceptors (Lipinski definition) is 5. The first-order valence-electron chi connectivity index (χ1n) is 12.3. The van der Waals surface area contributed by atoms with E-state index in [9.17, 15) is 9.18 Å². The van der Waals surface area contributed by atoms with Gasteiger partial charge in [0.15, 0.2) is 0 Å². The third-order valence-corrected chi connectivity index (χ3v) is 6.82. The summed E-state index contributed by atoms with van der Waals surface area (Å²) in [6.07, 6.45) is 5.56. The van der Waals surface area contributed by atoms with Gasteiger partial charge >= 0.3 is 0 Å². The summed E-state index contributed by atoms with van der Waals surface area (Å²) in [5.41, 5.74) is 2.87. The van der Waals surface area contributed by atoms with Gasteiger partial charge in [-0.1, -0.05) is 0 Å². The molecule has 2 N–H and O–H groups in total. The maximum absolute atomic E-state index is 15.2. The van der Waals surface area contributed by atoms with E-state index in [4.69, 9.17) is 0 Å². The number of carbonyl (C=O) groups is 1. The summed E-state index contributed by atoms with van der Waals surface area (Å²) in [7, 11) is 2.11. The molecule has 5 rings (SSSR count). The molecule has 36 heavy (non-hydrogen) atoms. The Labute approximate surface area is 209 Å². The molecule has 2 saturated heterocycles. The third kappa shape index (κ3) is 5.52. The largest absolute Gasteiger partial charge is 0.321 e. The van der Waals surface area contributed by atoms with Crippen LogP contribution in [0.5, 0.6) is 0 Å². The summed E-state index contributed by atoms with van der Waals surface area (Å²) in [6, 6.07) is 9.19. The Balaban J connectivity index is 1.45. The van der Waals surface area contributed by atoms with Gasteiger partial charge in [-0.3, -0.25) is 14.5 Å². The molecule has 1 unspecified atom stereocenters. The lowest BCUT2D eigenvalue weighted by Crippen LogP contribution is -2.31. The first-order chi connectivity index (χ1) is 17.4. The van der Waals surface area contributed by atoms with Crippen LogP contribution < -0.4 is 10.6 Å². The molecule has 3 heterocycles. The Morgan fingerprint density at radius 2 is 1.92 bits per heavy atom. The molecule has 2 aliphatic heterocycles. The first-order valence-corrected chi connectivity index (χ1v) is 12.3. The predicted molar refractivity (Wildman–Crippen MR) is 136 cm³/mol. The molecule has 0 saturated carbocycles. The molecule has 2 fully saturated rings. The highest BCUT2D eigenvalue weighted by Crippen LogP contribution is 2.29. The molecule has 7 nitrogen and oxygen atoms in total. The molecular formula is C27H30F2N6O. The van der Waals surface area contributed by atoms with Gasteiger partial charge in [0.1, 0.15) is 17.3 Å². The van der Waals surface area contributed by atoms with Crippen molar-refractivity contribution >= 4 is 17.3 Å². The van der Waals surface area contributed by atoms with Crippen molar-refractivity contribution in [1.29, 1.82) is 0 Å². The van der Waals surface area contributed by atoms with E-state index in [1.54, 1.807) is 19.2 Å². The molecule has 0 aliphatic carbocycles. The SMILES string of the molecule is Cc1cc(F)c(-c2cnn(C3CCN(C)CC3)c2)cc1/C(=N\CC1CN1)C(=O)Nc1ccc(F)cc1. The van der Waals surface area contributed by atoms with Crippen molar-refractivity contribution in [2.75, 3.05) is 38.5 Å². The molecule has 188 valence electrons. The van der Waals surface area contributed by atoms with Gasteiger partial charge in [-0.15, -0.1) is 0 Å². The second kappa shape index (κ2) is 10.3. The highest BCUT2D eigenvalue weighted by Gasteiger charge is 2.24. The van der Waals surface area contributed by atoms with Gasteiger partial charge in [-0.2, -0.15) is 5.10 Å². The van der Waals surface area contributed by atoms with E-state index in [2.05, 4.69) is 32.7 Å². The number of benzene rings is 2. The summed E-state index contributed by atoms with van der Waals surface area (Å²) in [5, 5.41) is 10.5. The van der Waals surface area contributed by atoms with Crippen molar-refractivity contribution in [3.05, 3.63) is 71.6 Å². The topological polar surface area (TPSA) is 84.5 Å². The Kier molecular flexibility index (Phi) is 6.93. The smallest absolute Gasteiger partial charge is 0.274 e. The minimum Gasteiger partial charge on any atom is -0.321 e. The van der Waals surface area contributed by atoms with Gasteiger partial charge in [0, 0.05) is 41.2 Å². The molecule has 1 atom stereocenters. The Morgan fingerprint density at radius 1 is 1.19 bits per heavy atom. The van der Waals surface area contributed by atoms with E-state index in [-0.39, 0.29) is 29.4 Å². The summed E-state index contributed by atoms with van der Waals surface area (Å²) < 4.78 is 30.4. The van der Waals surface area contributed by atoms with E-state index in [0.29, 0.717) is 34.5 Å². The zero-order valence-electron chi connectivity index (χ0n) is 20.5. The van der Waals surface area contributed by atoms with E-state index in [1.165, 1.54) is 30.3 Å². The minimum absolute atomic E-state index is 0.217. The quantitative estimate of drug-likeness (QED) is 0.388. The van der Waals surface area contributed by atoms with E-state index in [1.807, 2.05) is 10.9 Å². The van der Waals surface area contributed by atoms with Crippen molar-refractivity contribution in [3.8, 4) is 11.1 Å². The normalized spacial score (nSPS) is 18.9. The van der Waals surface area contributed by atoms with Gasteiger partial charge in [0.05, 0.1) is 18.8 Å². The molecule has 0 spiro atoms. The van der Waals surface area contributed by atoms with Crippen LogP contribution >= 0.6 is 0 Å². The fraction of sp³-hybridized carbons (Fsp3) is 0.370. The van der Waals surface area contributed by atoms with Gasteiger partial charge < -0.3 is 15.5 Å². The Bertz CT molecular complexity index is 1270. The van der Waals surface area contributed by atoms with Crippen LogP contribution in [0, 0.1) is 18.6 Å². The first kappa shape index (κ1) is 24.3. The molecule has 9 heteroatoms. The number of likely N-dealkylation sites (tertiary alicyclic amines) is 1. The van der Waals surface area contributed by atoms with Crippen LogP contribution in [0.2, 0.25) is 0 Å². The number of aliphatic imine (C=N–C) groups is 1. The van der Waals surface area contributed by atoms with Crippen molar-refractivity contribution in [2.45, 2.75) is 31.8 Å². The van der Waals surface area contributed by atoms with Crippen molar-refractivity contribution < 1.29 is 13.6 Å². The highest BCUT2D eigenvalue weighted by molar-refractivity contribution is 6.49. The van der Waals surface area contributed by atoms with E-state index in [0.717, 1.165) is 32.5 Å². The highest BCUT2D eigenvalue weighted by atomic mass is 19.1. The molecule has 2 aromatic carbocycles. The van der Waals surface area contributed by atoms with E-state index >= 15 is 4.39 Å². The molecule has 2 aliphatic rings. The van der Waals surface area contributed by atoms with Gasteiger partial charge in [0.25, 0.3) is 5.91 Å². The van der Waals surface area contributed by atoms with Crippen LogP contribution in [0.1, 0.15) is 30.0 Å². The predicted octanol–water partition coefficient (Wildman–Crippen LogP) is 3.80. The van der Waals surface area contributed by atoms with Crippen molar-refractivity contribution in [1.82, 2.24) is 20.0 Å². The number of nitrogens with one attached hydrogen (secondary N) is 2. The van der Waals surface area contributed by atoms with Crippen LogP contribution in [0.4, 0.5) is 14.5 Å². The molecular weight excluding hydrogens is 462 g/mol. The number of nitrogens with zero attached hydrogens (tertiary/aromatic N) is 4. The van der Waals surface area contributed by atoms with Crippen LogP contribution in [0.3, 0.4) is 0 Å². The monoisotopic (exact) mass is 492 g/mol. The second-order valence-corrected chi connectivity index (χ2v) is 9.65. The lowest BCUT2D eigenvalue weighted by Gasteiger charge is -2.28. The van der Waals surface area contributed by atoms with Crippen molar-refractivity contribution in [3.63, 3.8) is 0 Å². The third-order valence-electron chi connectivity index (χ3n) is 6.82. The number of rotatable bonds is 7. The average Bonchev–Trinajstić information content (AvgIpc) is 3.56. The maximum atomic E-state index is 15.2. The summed E-state index contributed by atoms with van der Waals surface area (Å²) in [4.78, 5) is 20.2. The average molecular weight is 493 g/mol. The zero-order valence-corrected chi connectivity index (χ0v) is 20.5. The number of amides is 1. The molecule has 3 aromatic rings. The summed E-state index contributed by atoms with van der Waals surface area (Å²) in [5.74, 6) is -1.19. The molecule has 1 aromatic heterocycles. The number of aryl methyl sites for hydroxylation is 1. The number of piperidine rings is 1. The van der Waals surface area contributed by atoms with Crippen LogP contribution in [0.25, 0.3) is 11.1 Å². The number of hydrogen-bond donors (Lipinski definition) is 2. The summed E-state index contributed by atoms with van der Waals surface area (Å²) >= 11 is 0. The van der Waals surface area contributed by atoms with E-state index < -0.39 is 5.91 Å². The lowest BCUT2D eigenvalue weighted by molar-refractivity contribution is -0.110. The minimum atomic E-state index is -0.426. The van der Waals surface area contributed by atoms with Crippen LogP contribution in [0.15, 0.2) is 53.8 Å². The van der Waals surface area contributed by atoms with Gasteiger partial charge in [0.2, 0.25) is 0 Å². The number of carbonyl (C=O) groups excluding carboxylic acids is 1. The van der Waals surface area contributed by atoms with Crippen molar-refractivity contribution in [2.24, 2.45) is 4.99 Å². The number of anilines is 1. The molecule has 0 bridgehead atoms. The number of halogens is 2. The van der Waals surface area contributed by atoms with Crippen LogP contribution in [-0.4, -0.2) is 65.6 Å². The van der Waals surface area contributed by atoms with Crippen LogP contribution in [-0.2, 0) is 4.79 Å². The Hall–Kier alpha value is -3.43. The maximum Gasteiger partial charge on any atom is 0.274 e. The standard InChI is InChI=1S/C27H30F2N6O/c1-17-11-25(29)24(18-13-32-35(16-18)22-7-9-34(2)10-8-22)12-23(17)26(31-15-21-14-30-21)27(36)33-20-5-3-19(28)4-6-20/h3-6,11-13,16,21-22,30H,7-10,14-15H2,1-2H3,(H,33,36)/b31-26+. The number of aromatic nitrogens is 2. The van der Waals surface area contributed by atoms with Gasteiger partial charge in [-0.25, -0.2) is 8.78 Å². The lowest BCUT2D eigenvalue weighted by atomic mass is 9.97. The zero-order chi connectivity index (χ0) is 25.2. The molecule has 0 radical (unpaired) electrons. The fourth-order valence-corrected chi connectivity index (χ4v) is 4.50. The molecule has 1 amide bonds.